The van der Waals surface area contributed by atoms with Crippen molar-refractivity contribution in [1.29, 1.82) is 0 Å². The topological polar surface area (TPSA) is 71.1 Å². The normalized spacial score (nSPS) is 8.17. The van der Waals surface area contributed by atoms with E-state index >= 15 is 0 Å². The molecule has 0 aliphatic heterocycles. The molecule has 0 aromatic rings. The van der Waals surface area contributed by atoms with Crippen LogP contribution in [0.15, 0.2) is 0 Å². The smallest absolute Gasteiger partial charge is 0.331 e. The lowest BCUT2D eigenvalue weighted by atomic mass is 9.98. The van der Waals surface area contributed by atoms with Gasteiger partial charge in [-0.2, -0.15) is 0 Å². The average Bonchev–Trinajstić information content (AvgIpc) is 2.58. The number of rotatable bonds is 4. The van der Waals surface area contributed by atoms with Gasteiger partial charge in [-0.15, -0.1) is 0 Å². The van der Waals surface area contributed by atoms with E-state index in [0.717, 1.165) is 0 Å². The molecule has 0 N–H and O–H groups in total. The summed E-state index contributed by atoms with van der Waals surface area (Å²) in [5.74, 6) is -0.586. The van der Waals surface area contributed by atoms with E-state index in [9.17, 15) is 9.59 Å². The third-order valence-corrected chi connectivity index (χ3v) is 1.41. The van der Waals surface area contributed by atoms with Crippen LogP contribution in [-0.4, -0.2) is 46.7 Å². The minimum absolute atomic E-state index is 0.0378. The first-order chi connectivity index (χ1) is 10.8. The van der Waals surface area contributed by atoms with Gasteiger partial charge in [-0.3, -0.25) is 4.79 Å². The lowest BCUT2D eigenvalue weighted by Gasteiger charge is -2.15. The third-order valence-electron chi connectivity index (χ3n) is 1.41. The van der Waals surface area contributed by atoms with Crippen LogP contribution in [0.3, 0.4) is 0 Å². The molecular weight excluding hydrogens is 300 g/mol. The predicted molar refractivity (Wildman–Crippen MR) is 95.4 cm³/mol. The Labute approximate surface area is 143 Å². The van der Waals surface area contributed by atoms with Crippen molar-refractivity contribution < 1.29 is 28.5 Å². The van der Waals surface area contributed by atoms with E-state index in [4.69, 9.17) is 4.74 Å². The average molecular weight is 341 g/mol. The first kappa shape index (κ1) is 33.5. The standard InChI is InChI=1S/C7H14O3.C4H8O3.3C2H6/c1-7(2,3)6(8)10-5-9-4;1-6-3-4(5)7-2;3*1-2/h5H2,1-4H3;3H2,1-2H3;3*1-2H3. The maximum absolute atomic E-state index is 10.9. The van der Waals surface area contributed by atoms with E-state index in [2.05, 4.69) is 14.2 Å². The number of methoxy groups -OCH3 is 3. The van der Waals surface area contributed by atoms with Gasteiger partial charge < -0.3 is 18.9 Å². The van der Waals surface area contributed by atoms with Gasteiger partial charge in [0.25, 0.3) is 0 Å². The fourth-order valence-corrected chi connectivity index (χ4v) is 0.506. The van der Waals surface area contributed by atoms with Gasteiger partial charge in [-0.25, -0.2) is 4.79 Å². The van der Waals surface area contributed by atoms with Gasteiger partial charge in [0.1, 0.15) is 6.61 Å². The van der Waals surface area contributed by atoms with E-state index in [-0.39, 0.29) is 25.3 Å². The quantitative estimate of drug-likeness (QED) is 0.567. The Morgan fingerprint density at radius 3 is 1.35 bits per heavy atom. The zero-order valence-corrected chi connectivity index (χ0v) is 17.4. The molecular formula is C17H40O6. The van der Waals surface area contributed by atoms with Gasteiger partial charge in [0.05, 0.1) is 12.5 Å². The Morgan fingerprint density at radius 2 is 1.17 bits per heavy atom. The molecule has 0 saturated carbocycles. The molecule has 6 heteroatoms. The summed E-state index contributed by atoms with van der Waals surface area (Å²) in [7, 11) is 4.24. The number of carbonyl (C=O) groups excluding carboxylic acids is 2. The van der Waals surface area contributed by atoms with Crippen molar-refractivity contribution in [1.82, 2.24) is 0 Å². The molecule has 0 amide bonds. The monoisotopic (exact) mass is 340 g/mol. The zero-order valence-electron chi connectivity index (χ0n) is 17.4. The maximum Gasteiger partial charge on any atom is 0.331 e. The SMILES string of the molecule is CC.CC.CC.COCC(=O)OC.COCOC(=O)C(C)(C)C. The minimum Gasteiger partial charge on any atom is -0.467 e. The van der Waals surface area contributed by atoms with Crippen LogP contribution >= 0.6 is 0 Å². The van der Waals surface area contributed by atoms with Gasteiger partial charge in [-0.1, -0.05) is 41.5 Å². The van der Waals surface area contributed by atoms with Crippen molar-refractivity contribution in [2.24, 2.45) is 5.41 Å². The molecule has 0 aromatic heterocycles. The molecule has 0 rings (SSSR count). The molecule has 0 fully saturated rings. The zero-order chi connectivity index (χ0) is 19.9. The largest absolute Gasteiger partial charge is 0.467 e. The molecule has 0 atom stereocenters. The summed E-state index contributed by atoms with van der Waals surface area (Å²) in [6.07, 6.45) is 0. The second-order valence-electron chi connectivity index (χ2n) is 4.10. The summed E-state index contributed by atoms with van der Waals surface area (Å²) in [5.41, 5.74) is -0.432. The fraction of sp³-hybridized carbons (Fsp3) is 0.882. The van der Waals surface area contributed by atoms with Gasteiger partial charge in [0, 0.05) is 14.2 Å². The van der Waals surface area contributed by atoms with Crippen LogP contribution < -0.4 is 0 Å². The summed E-state index contributed by atoms with van der Waals surface area (Å²) in [6.45, 7) is 17.5. The van der Waals surface area contributed by atoms with Crippen LogP contribution in [0.1, 0.15) is 62.3 Å². The van der Waals surface area contributed by atoms with Crippen molar-refractivity contribution >= 4 is 11.9 Å². The Kier molecular flexibility index (Phi) is 42.1. The van der Waals surface area contributed by atoms with E-state index in [0.29, 0.717) is 0 Å². The predicted octanol–water partition coefficient (Wildman–Crippen LogP) is 4.06. The minimum atomic E-state index is -0.432. The van der Waals surface area contributed by atoms with Crippen molar-refractivity contribution in [2.75, 3.05) is 34.7 Å². The van der Waals surface area contributed by atoms with Crippen LogP contribution in [-0.2, 0) is 28.5 Å². The summed E-state index contributed by atoms with van der Waals surface area (Å²) < 4.78 is 17.9. The highest BCUT2D eigenvalue weighted by molar-refractivity contribution is 5.75. The molecule has 0 aromatic carbocycles. The lowest BCUT2D eigenvalue weighted by molar-refractivity contribution is -0.163. The fourth-order valence-electron chi connectivity index (χ4n) is 0.506. The van der Waals surface area contributed by atoms with E-state index < -0.39 is 5.41 Å². The van der Waals surface area contributed by atoms with Crippen molar-refractivity contribution in [3.8, 4) is 0 Å². The molecule has 0 aliphatic carbocycles. The molecule has 0 unspecified atom stereocenters. The van der Waals surface area contributed by atoms with E-state index in [1.807, 2.05) is 41.5 Å². The van der Waals surface area contributed by atoms with Crippen molar-refractivity contribution in [2.45, 2.75) is 62.3 Å². The third kappa shape index (κ3) is 38.6. The summed E-state index contributed by atoms with van der Waals surface area (Å²) >= 11 is 0. The summed E-state index contributed by atoms with van der Waals surface area (Å²) in [6, 6.07) is 0. The van der Waals surface area contributed by atoms with Crippen molar-refractivity contribution in [3.05, 3.63) is 0 Å². The Morgan fingerprint density at radius 1 is 0.783 bits per heavy atom. The van der Waals surface area contributed by atoms with Gasteiger partial charge in [0.2, 0.25) is 0 Å². The van der Waals surface area contributed by atoms with Crippen LogP contribution in [0.2, 0.25) is 0 Å². The molecule has 6 nitrogen and oxygen atoms in total. The molecule has 0 spiro atoms. The number of carbonyl (C=O) groups is 2. The Hall–Kier alpha value is -1.14. The lowest BCUT2D eigenvalue weighted by Crippen LogP contribution is -2.23. The number of ether oxygens (including phenoxy) is 4. The molecule has 0 radical (unpaired) electrons. The first-order valence-electron chi connectivity index (χ1n) is 8.01. The molecule has 0 saturated heterocycles. The molecule has 144 valence electrons. The Balaban J connectivity index is -0.0000000726. The summed E-state index contributed by atoms with van der Waals surface area (Å²) in [4.78, 5) is 21.0. The van der Waals surface area contributed by atoms with E-state index in [1.165, 1.54) is 21.3 Å². The van der Waals surface area contributed by atoms with Gasteiger partial charge in [0.15, 0.2) is 6.79 Å². The highest BCUT2D eigenvalue weighted by atomic mass is 16.7. The highest BCUT2D eigenvalue weighted by Gasteiger charge is 2.22. The van der Waals surface area contributed by atoms with Gasteiger partial charge in [-0.05, 0) is 20.8 Å². The second kappa shape index (κ2) is 28.9. The van der Waals surface area contributed by atoms with Crippen molar-refractivity contribution in [3.63, 3.8) is 0 Å². The number of hydrogen-bond donors (Lipinski definition) is 0. The van der Waals surface area contributed by atoms with Gasteiger partial charge >= 0.3 is 11.9 Å². The number of esters is 2. The van der Waals surface area contributed by atoms with Crippen LogP contribution in [0, 0.1) is 5.41 Å². The van der Waals surface area contributed by atoms with Crippen LogP contribution in [0.5, 0.6) is 0 Å². The summed E-state index contributed by atoms with van der Waals surface area (Å²) in [5, 5.41) is 0. The molecule has 0 bridgehead atoms. The maximum atomic E-state index is 10.9. The van der Waals surface area contributed by atoms with Crippen LogP contribution in [0.4, 0.5) is 0 Å². The Bertz CT molecular complexity index is 222. The van der Waals surface area contributed by atoms with E-state index in [1.54, 1.807) is 20.8 Å². The molecule has 0 aliphatic rings. The van der Waals surface area contributed by atoms with Crippen LogP contribution in [0.25, 0.3) is 0 Å². The molecule has 0 heterocycles. The highest BCUT2D eigenvalue weighted by Crippen LogP contribution is 2.14. The second-order valence-corrected chi connectivity index (χ2v) is 4.10. The molecule has 23 heavy (non-hydrogen) atoms. The first-order valence-corrected chi connectivity index (χ1v) is 8.01. The number of hydrogen-bond acceptors (Lipinski definition) is 6.